The van der Waals surface area contributed by atoms with Crippen molar-refractivity contribution in [2.75, 3.05) is 13.1 Å². The van der Waals surface area contributed by atoms with Crippen LogP contribution in [-0.4, -0.2) is 39.7 Å². The van der Waals surface area contributed by atoms with Gasteiger partial charge in [-0.2, -0.15) is 0 Å². The van der Waals surface area contributed by atoms with Gasteiger partial charge in [0.1, 0.15) is 11.3 Å². The first-order valence-electron chi connectivity index (χ1n) is 9.63. The molecule has 0 unspecified atom stereocenters. The van der Waals surface area contributed by atoms with Crippen molar-refractivity contribution in [3.63, 3.8) is 0 Å². The molecule has 144 valence electrons. The number of phenols is 1. The van der Waals surface area contributed by atoms with Crippen LogP contribution in [0, 0.1) is 12.8 Å². The molecule has 27 heavy (non-hydrogen) atoms. The number of likely N-dealkylation sites (tertiary alicyclic amines) is 1. The van der Waals surface area contributed by atoms with E-state index in [0.29, 0.717) is 41.6 Å². The van der Waals surface area contributed by atoms with Crippen LogP contribution in [0.5, 0.6) is 5.75 Å². The fraction of sp³-hybridized carbons (Fsp3) is 0.524. The van der Waals surface area contributed by atoms with E-state index in [-0.39, 0.29) is 24.0 Å². The first kappa shape index (κ1) is 18.0. The highest BCUT2D eigenvalue weighted by atomic mass is 16.4. The number of carbonyl (C=O) groups is 1. The van der Waals surface area contributed by atoms with Crippen LogP contribution in [0.2, 0.25) is 0 Å². The third kappa shape index (κ3) is 3.23. The first-order valence-corrected chi connectivity index (χ1v) is 9.63. The predicted octanol–water partition coefficient (Wildman–Crippen LogP) is 2.50. The second-order valence-corrected chi connectivity index (χ2v) is 7.99. The lowest BCUT2D eigenvalue weighted by atomic mass is 9.71. The van der Waals surface area contributed by atoms with Crippen molar-refractivity contribution in [3.8, 4) is 5.75 Å². The van der Waals surface area contributed by atoms with Crippen LogP contribution in [-0.2, 0) is 11.2 Å². The maximum absolute atomic E-state index is 12.9. The quantitative estimate of drug-likeness (QED) is 0.792. The Kier molecular flexibility index (Phi) is 4.46. The standard InChI is InChI=1S/C21H25NO5/c1-13-17(23)6-5-16-14(11-19(25)27-20(13)16)10-18(24)22-9-8-21(26)7-3-2-4-15(21)12-22/h5-6,11,15,23,26H,2-4,7-10,12H2,1H3/t15-,21+/m0/s1. The minimum Gasteiger partial charge on any atom is -0.508 e. The van der Waals surface area contributed by atoms with Gasteiger partial charge in [0, 0.05) is 36.0 Å². The lowest BCUT2D eigenvalue weighted by Gasteiger charge is -2.47. The molecule has 1 aliphatic carbocycles. The summed E-state index contributed by atoms with van der Waals surface area (Å²) < 4.78 is 5.25. The van der Waals surface area contributed by atoms with Gasteiger partial charge in [-0.05, 0) is 43.9 Å². The maximum Gasteiger partial charge on any atom is 0.336 e. The molecule has 0 spiro atoms. The second kappa shape index (κ2) is 6.68. The summed E-state index contributed by atoms with van der Waals surface area (Å²) in [4.78, 5) is 26.7. The Morgan fingerprint density at radius 1 is 1.33 bits per heavy atom. The van der Waals surface area contributed by atoms with Crippen LogP contribution in [0.1, 0.15) is 43.2 Å². The van der Waals surface area contributed by atoms with Crippen molar-refractivity contribution < 1.29 is 19.4 Å². The van der Waals surface area contributed by atoms with Gasteiger partial charge in [0.25, 0.3) is 0 Å². The third-order valence-electron chi connectivity index (χ3n) is 6.34. The Bertz CT molecular complexity index is 949. The minimum atomic E-state index is -0.621. The molecule has 0 bridgehead atoms. The van der Waals surface area contributed by atoms with Crippen LogP contribution in [0.15, 0.2) is 27.4 Å². The second-order valence-electron chi connectivity index (χ2n) is 7.99. The molecule has 4 rings (SSSR count). The van der Waals surface area contributed by atoms with Gasteiger partial charge in [-0.15, -0.1) is 0 Å². The van der Waals surface area contributed by atoms with Crippen molar-refractivity contribution in [2.45, 2.75) is 51.0 Å². The van der Waals surface area contributed by atoms with Crippen molar-refractivity contribution in [1.29, 1.82) is 0 Å². The van der Waals surface area contributed by atoms with E-state index in [1.807, 2.05) is 4.90 Å². The van der Waals surface area contributed by atoms with Crippen LogP contribution in [0.3, 0.4) is 0 Å². The van der Waals surface area contributed by atoms with Gasteiger partial charge in [-0.25, -0.2) is 4.79 Å². The summed E-state index contributed by atoms with van der Waals surface area (Å²) >= 11 is 0. The van der Waals surface area contributed by atoms with E-state index in [2.05, 4.69) is 0 Å². The summed E-state index contributed by atoms with van der Waals surface area (Å²) in [6, 6.07) is 4.59. The van der Waals surface area contributed by atoms with Gasteiger partial charge in [0.15, 0.2) is 0 Å². The van der Waals surface area contributed by atoms with E-state index < -0.39 is 11.2 Å². The van der Waals surface area contributed by atoms with Crippen LogP contribution in [0.4, 0.5) is 0 Å². The molecular formula is C21H25NO5. The number of fused-ring (bicyclic) bond motifs is 2. The van der Waals surface area contributed by atoms with E-state index in [1.165, 1.54) is 6.07 Å². The monoisotopic (exact) mass is 371 g/mol. The Hall–Kier alpha value is -2.34. The highest BCUT2D eigenvalue weighted by molar-refractivity contribution is 5.89. The number of carbonyl (C=O) groups excluding carboxylic acids is 1. The molecule has 1 aromatic carbocycles. The molecule has 0 radical (unpaired) electrons. The van der Waals surface area contributed by atoms with E-state index in [1.54, 1.807) is 19.1 Å². The molecule has 2 N–H and O–H groups in total. The predicted molar refractivity (Wildman–Crippen MR) is 101 cm³/mol. The Balaban J connectivity index is 1.58. The Morgan fingerprint density at radius 3 is 2.96 bits per heavy atom. The van der Waals surface area contributed by atoms with Crippen molar-refractivity contribution >= 4 is 16.9 Å². The molecule has 2 fully saturated rings. The van der Waals surface area contributed by atoms with Crippen molar-refractivity contribution in [3.05, 3.63) is 39.7 Å². The number of hydrogen-bond acceptors (Lipinski definition) is 5. The fourth-order valence-corrected chi connectivity index (χ4v) is 4.63. The fourth-order valence-electron chi connectivity index (χ4n) is 4.63. The molecule has 2 aliphatic rings. The zero-order valence-electron chi connectivity index (χ0n) is 15.5. The molecule has 1 saturated heterocycles. The minimum absolute atomic E-state index is 0.0414. The van der Waals surface area contributed by atoms with Gasteiger partial charge in [0.2, 0.25) is 5.91 Å². The zero-order chi connectivity index (χ0) is 19.2. The smallest absolute Gasteiger partial charge is 0.336 e. The number of benzene rings is 1. The van der Waals surface area contributed by atoms with Gasteiger partial charge in [0.05, 0.1) is 12.0 Å². The third-order valence-corrected chi connectivity index (χ3v) is 6.34. The number of amides is 1. The summed E-state index contributed by atoms with van der Waals surface area (Å²) in [6.07, 6.45) is 4.66. The number of aryl methyl sites for hydroxylation is 1. The molecule has 1 aromatic heterocycles. The lowest BCUT2D eigenvalue weighted by molar-refractivity contribution is -0.142. The topological polar surface area (TPSA) is 91.0 Å². The molecule has 1 aliphatic heterocycles. The summed E-state index contributed by atoms with van der Waals surface area (Å²) in [6.45, 7) is 2.81. The average Bonchev–Trinajstić information content (AvgIpc) is 2.64. The van der Waals surface area contributed by atoms with Gasteiger partial charge < -0.3 is 19.5 Å². The van der Waals surface area contributed by atoms with Crippen molar-refractivity contribution in [2.24, 2.45) is 5.92 Å². The lowest BCUT2D eigenvalue weighted by Crippen LogP contribution is -2.54. The molecule has 6 nitrogen and oxygen atoms in total. The molecular weight excluding hydrogens is 346 g/mol. The Labute approximate surface area is 157 Å². The average molecular weight is 371 g/mol. The van der Waals surface area contributed by atoms with E-state index in [4.69, 9.17) is 4.42 Å². The molecule has 2 atom stereocenters. The molecule has 2 heterocycles. The SMILES string of the molecule is Cc1c(O)ccc2c(CC(=O)N3CC[C@]4(O)CCCC[C@H]4C3)cc(=O)oc12. The number of aromatic hydroxyl groups is 1. The summed E-state index contributed by atoms with van der Waals surface area (Å²) in [5, 5.41) is 21.3. The highest BCUT2D eigenvalue weighted by Gasteiger charge is 2.43. The molecule has 2 aromatic rings. The largest absolute Gasteiger partial charge is 0.508 e. The summed E-state index contributed by atoms with van der Waals surface area (Å²) in [7, 11) is 0. The van der Waals surface area contributed by atoms with Crippen LogP contribution < -0.4 is 5.63 Å². The summed E-state index contributed by atoms with van der Waals surface area (Å²) in [5.74, 6) is 0.155. The zero-order valence-corrected chi connectivity index (χ0v) is 15.5. The Morgan fingerprint density at radius 2 is 2.15 bits per heavy atom. The van der Waals surface area contributed by atoms with E-state index in [9.17, 15) is 19.8 Å². The number of phenolic OH excluding ortho intramolecular Hbond substituents is 1. The number of hydrogen-bond donors (Lipinski definition) is 2. The number of aliphatic hydroxyl groups is 1. The molecule has 1 saturated carbocycles. The van der Waals surface area contributed by atoms with Gasteiger partial charge in [-0.3, -0.25) is 4.79 Å². The normalized spacial score (nSPS) is 25.4. The number of piperidine rings is 1. The van der Waals surface area contributed by atoms with E-state index in [0.717, 1.165) is 25.7 Å². The number of rotatable bonds is 2. The van der Waals surface area contributed by atoms with Gasteiger partial charge >= 0.3 is 5.63 Å². The number of nitrogens with zero attached hydrogens (tertiary/aromatic N) is 1. The first-order chi connectivity index (χ1) is 12.9. The van der Waals surface area contributed by atoms with E-state index >= 15 is 0 Å². The highest BCUT2D eigenvalue weighted by Crippen LogP contribution is 2.40. The molecule has 6 heteroatoms. The van der Waals surface area contributed by atoms with Crippen molar-refractivity contribution in [1.82, 2.24) is 4.90 Å². The van der Waals surface area contributed by atoms with Crippen LogP contribution in [0.25, 0.3) is 11.0 Å². The maximum atomic E-state index is 12.9. The van der Waals surface area contributed by atoms with Crippen LogP contribution >= 0.6 is 0 Å². The summed E-state index contributed by atoms with van der Waals surface area (Å²) in [5.41, 5.74) is 0.275. The molecule has 1 amide bonds. The van der Waals surface area contributed by atoms with Gasteiger partial charge in [-0.1, -0.05) is 12.8 Å².